The molecule has 0 bridgehead atoms. The van der Waals surface area contributed by atoms with Crippen LogP contribution < -0.4 is 0 Å². The molecule has 3 aromatic carbocycles. The Morgan fingerprint density at radius 3 is 2.10 bits per heavy atom. The number of aliphatic hydroxyl groups is 2. The summed E-state index contributed by atoms with van der Waals surface area (Å²) < 4.78 is 0. The molecule has 3 atom stereocenters. The average Bonchev–Trinajstić information content (AvgIpc) is 3.25. The molecular weight excluding hydrogens is 661 g/mol. The molecule has 0 aliphatic heterocycles. The van der Waals surface area contributed by atoms with Gasteiger partial charge in [-0.25, -0.2) is 0 Å². The van der Waals surface area contributed by atoms with E-state index >= 15 is 0 Å². The first-order valence-electron chi connectivity index (χ1n) is 12.8. The van der Waals surface area contributed by atoms with Crippen molar-refractivity contribution in [3.63, 3.8) is 0 Å². The van der Waals surface area contributed by atoms with Crippen molar-refractivity contribution >= 4 is 0 Å². The van der Waals surface area contributed by atoms with Crippen LogP contribution in [0.3, 0.4) is 0 Å². The topological polar surface area (TPSA) is 66.2 Å². The molecule has 199 valence electrons. The summed E-state index contributed by atoms with van der Waals surface area (Å²) in [5.74, 6) is 0. The van der Waals surface area contributed by atoms with Crippen molar-refractivity contribution < 1.29 is 30.3 Å². The van der Waals surface area contributed by atoms with E-state index in [1.165, 1.54) is 16.7 Å². The van der Waals surface area contributed by atoms with Gasteiger partial charge in [0.05, 0.1) is 23.3 Å². The van der Waals surface area contributed by atoms with Crippen molar-refractivity contribution in [1.29, 1.82) is 0 Å². The largest absolute Gasteiger partial charge is 0.393 e. The monoisotopic (exact) mass is 691 g/mol. The van der Waals surface area contributed by atoms with Gasteiger partial charge in [-0.3, -0.25) is 9.97 Å². The van der Waals surface area contributed by atoms with E-state index in [2.05, 4.69) is 60.7 Å². The van der Waals surface area contributed by atoms with Gasteiger partial charge in [-0.05, 0) is 49.7 Å². The molecule has 0 saturated carbocycles. The number of fused-ring (bicyclic) bond motifs is 3. The Bertz CT molecular complexity index is 1450. The van der Waals surface area contributed by atoms with E-state index in [1.807, 2.05) is 60.8 Å². The molecule has 0 saturated heterocycles. The minimum atomic E-state index is -0.626. The Balaban J connectivity index is 0.000000394. The SMILES string of the molecule is CC(O)CC(C)O.[Ir].[c-]1ccccc1-c1cccc([C@]2(c3ccccn3)c3[c-]cccc3-c3ccccc32)n1. The number of aromatic nitrogens is 2. The summed E-state index contributed by atoms with van der Waals surface area (Å²) in [5.41, 5.74) is 7.81. The molecule has 2 unspecified atom stereocenters. The van der Waals surface area contributed by atoms with Crippen LogP contribution in [0.5, 0.6) is 0 Å². The maximum absolute atomic E-state index is 8.56. The summed E-state index contributed by atoms with van der Waals surface area (Å²) in [7, 11) is 0. The molecule has 39 heavy (non-hydrogen) atoms. The third kappa shape index (κ3) is 5.63. The predicted octanol–water partition coefficient (Wildman–Crippen LogP) is 6.24. The Hall–Kier alpha value is -3.47. The van der Waals surface area contributed by atoms with Gasteiger partial charge in [0, 0.05) is 32.0 Å². The van der Waals surface area contributed by atoms with Crippen LogP contribution in [0, 0.1) is 12.1 Å². The third-order valence-corrected chi connectivity index (χ3v) is 6.70. The molecule has 1 aliphatic rings. The molecule has 0 amide bonds. The second-order valence-electron chi connectivity index (χ2n) is 9.59. The van der Waals surface area contributed by atoms with E-state index in [0.717, 1.165) is 28.2 Å². The number of benzene rings is 3. The number of aliphatic hydroxyl groups excluding tert-OH is 2. The molecule has 0 spiro atoms. The first-order chi connectivity index (χ1) is 18.5. The van der Waals surface area contributed by atoms with E-state index in [1.54, 1.807) is 13.8 Å². The maximum Gasteiger partial charge on any atom is 0.0814 e. The fourth-order valence-electron chi connectivity index (χ4n) is 5.24. The summed E-state index contributed by atoms with van der Waals surface area (Å²) in [6.45, 7) is 3.32. The minimum absolute atomic E-state index is 0. The number of hydrogen-bond acceptors (Lipinski definition) is 4. The first kappa shape index (κ1) is 28.5. The van der Waals surface area contributed by atoms with Gasteiger partial charge < -0.3 is 10.2 Å². The standard InChI is InChI=1S/C29H18N2.C5H12O2.Ir/c1-2-11-21(12-3-1)26-17-10-19-28(31-26)29(27-18-8-9-20-30-27)24-15-6-4-13-22(24)23-14-5-7-16-25(23)29;1-4(6)3-5(2)7;/h1-11,13-15,17-20H;4-7H,3H2,1-2H3;/q-2;;/t29-;;/m0../s1. The van der Waals surface area contributed by atoms with Crippen molar-refractivity contribution in [2.24, 2.45) is 0 Å². The van der Waals surface area contributed by atoms with Gasteiger partial charge in [-0.1, -0.05) is 48.0 Å². The molecule has 5 heteroatoms. The van der Waals surface area contributed by atoms with Crippen LogP contribution in [-0.4, -0.2) is 32.4 Å². The van der Waals surface area contributed by atoms with E-state index in [9.17, 15) is 0 Å². The quantitative estimate of drug-likeness (QED) is 0.210. The van der Waals surface area contributed by atoms with Gasteiger partial charge in [0.25, 0.3) is 0 Å². The van der Waals surface area contributed by atoms with Gasteiger partial charge in [0.1, 0.15) is 0 Å². The predicted molar refractivity (Wildman–Crippen MR) is 150 cm³/mol. The maximum atomic E-state index is 8.56. The Morgan fingerprint density at radius 1 is 0.718 bits per heavy atom. The Morgan fingerprint density at radius 2 is 1.41 bits per heavy atom. The zero-order chi connectivity index (χ0) is 26.5. The third-order valence-electron chi connectivity index (χ3n) is 6.70. The average molecular weight is 691 g/mol. The summed E-state index contributed by atoms with van der Waals surface area (Å²) in [4.78, 5) is 10.0. The van der Waals surface area contributed by atoms with Crippen LogP contribution in [0.15, 0.2) is 109 Å². The van der Waals surface area contributed by atoms with E-state index in [0.29, 0.717) is 6.42 Å². The minimum Gasteiger partial charge on any atom is -0.393 e. The summed E-state index contributed by atoms with van der Waals surface area (Å²) >= 11 is 0. The van der Waals surface area contributed by atoms with E-state index in [-0.39, 0.29) is 32.3 Å². The van der Waals surface area contributed by atoms with E-state index in [4.69, 9.17) is 20.2 Å². The van der Waals surface area contributed by atoms with Crippen LogP contribution in [0.25, 0.3) is 22.4 Å². The molecule has 2 heterocycles. The Kier molecular flexibility index (Phi) is 9.21. The van der Waals surface area contributed by atoms with Crippen molar-refractivity contribution in [2.75, 3.05) is 0 Å². The Labute approximate surface area is 243 Å². The molecule has 1 radical (unpaired) electrons. The fraction of sp³-hybridized carbons (Fsp3) is 0.176. The molecule has 5 aromatic rings. The van der Waals surface area contributed by atoms with Gasteiger partial charge in [-0.2, -0.15) is 24.3 Å². The van der Waals surface area contributed by atoms with Crippen molar-refractivity contribution in [1.82, 2.24) is 9.97 Å². The molecule has 2 aromatic heterocycles. The van der Waals surface area contributed by atoms with Crippen molar-refractivity contribution in [3.8, 4) is 22.4 Å². The molecule has 1 aliphatic carbocycles. The number of nitrogens with zero attached hydrogens (tertiary/aromatic N) is 2. The van der Waals surface area contributed by atoms with Crippen LogP contribution >= 0.6 is 0 Å². The van der Waals surface area contributed by atoms with Gasteiger partial charge in [0.15, 0.2) is 0 Å². The van der Waals surface area contributed by atoms with Crippen molar-refractivity contribution in [3.05, 3.63) is 144 Å². The zero-order valence-electron chi connectivity index (χ0n) is 21.9. The number of rotatable bonds is 5. The fourth-order valence-corrected chi connectivity index (χ4v) is 5.24. The second kappa shape index (κ2) is 12.6. The van der Waals surface area contributed by atoms with Crippen LogP contribution in [0.2, 0.25) is 0 Å². The number of pyridine rings is 2. The smallest absolute Gasteiger partial charge is 0.0814 e. The second-order valence-corrected chi connectivity index (χ2v) is 9.59. The van der Waals surface area contributed by atoms with Crippen LogP contribution in [0.1, 0.15) is 42.8 Å². The van der Waals surface area contributed by atoms with E-state index < -0.39 is 5.41 Å². The molecule has 2 N–H and O–H groups in total. The van der Waals surface area contributed by atoms with Gasteiger partial charge in [-0.15, -0.1) is 47.0 Å². The first-order valence-corrected chi connectivity index (χ1v) is 12.8. The zero-order valence-corrected chi connectivity index (χ0v) is 24.3. The summed E-state index contributed by atoms with van der Waals surface area (Å²) in [5, 5.41) is 17.1. The summed E-state index contributed by atoms with van der Waals surface area (Å²) in [6, 6.07) is 41.9. The molecule has 0 fully saturated rings. The van der Waals surface area contributed by atoms with Crippen LogP contribution in [-0.2, 0) is 25.5 Å². The van der Waals surface area contributed by atoms with Crippen molar-refractivity contribution in [2.45, 2.75) is 37.9 Å². The molecule has 4 nitrogen and oxygen atoms in total. The normalized spacial score (nSPS) is 16.5. The van der Waals surface area contributed by atoms with Gasteiger partial charge in [0.2, 0.25) is 0 Å². The molecule has 6 rings (SSSR count). The summed E-state index contributed by atoms with van der Waals surface area (Å²) in [6.07, 6.45) is 1.58. The number of hydrogen-bond donors (Lipinski definition) is 2. The molecular formula is C34H30IrN2O2-2. The van der Waals surface area contributed by atoms with Gasteiger partial charge >= 0.3 is 0 Å². The van der Waals surface area contributed by atoms with Crippen LogP contribution in [0.4, 0.5) is 0 Å².